The number of furan rings is 1. The Kier molecular flexibility index (Phi) is 6.02. The van der Waals surface area contributed by atoms with E-state index < -0.39 is 64.7 Å². The Bertz CT molecular complexity index is 1060. The number of esters is 3. The van der Waals surface area contributed by atoms with Gasteiger partial charge in [-0.2, -0.15) is 0 Å². The van der Waals surface area contributed by atoms with Gasteiger partial charge < -0.3 is 28.1 Å². The first-order chi connectivity index (χ1) is 17.1. The highest BCUT2D eigenvalue weighted by Crippen LogP contribution is 2.71. The minimum absolute atomic E-state index is 0.207. The zero-order valence-corrected chi connectivity index (χ0v) is 20.9. The largest absolute Gasteiger partial charge is 0.472 e. The summed E-state index contributed by atoms with van der Waals surface area (Å²) in [7, 11) is 0. The molecular weight excluding hydrogens is 472 g/mol. The lowest BCUT2D eigenvalue weighted by molar-refractivity contribution is -0.250. The number of carbonyl (C=O) groups is 4. The van der Waals surface area contributed by atoms with E-state index in [0.717, 1.165) is 12.0 Å². The van der Waals surface area contributed by atoms with E-state index in [4.69, 9.17) is 28.1 Å². The molecule has 2 saturated heterocycles. The molecule has 196 valence electrons. The topological polar surface area (TPSA) is 131 Å². The number of carbonyl (C=O) groups excluding carboxylic acids is 4. The van der Waals surface area contributed by atoms with E-state index in [-0.39, 0.29) is 12.4 Å². The standard InChI is InChI=1S/C26H32O10/c1-14-21(34-16(3)28)22(30)26(13-32-15(2)27)20(6-5-8-24(26)12-33-24)25(14)10-19(18-7-9-31-11-18)36-23(25)35-17(4)29/h7,9,11,14,19-21,23H,5-6,8,10,12-13H2,1-4H3/t14-,19+,20-,21+,23-,24+,25-,26+/m1/s1. The van der Waals surface area contributed by atoms with Gasteiger partial charge >= 0.3 is 17.9 Å². The average Bonchev–Trinajstić information content (AvgIpc) is 3.22. The lowest BCUT2D eigenvalue weighted by atomic mass is 9.42. The molecule has 4 aliphatic rings. The summed E-state index contributed by atoms with van der Waals surface area (Å²) in [4.78, 5) is 50.8. The number of epoxide rings is 1. The second-order valence-electron chi connectivity index (χ2n) is 10.6. The van der Waals surface area contributed by atoms with Crippen molar-refractivity contribution < 1.29 is 47.3 Å². The number of fused-ring (bicyclic) bond motifs is 3. The summed E-state index contributed by atoms with van der Waals surface area (Å²) in [6.45, 7) is 5.82. The molecule has 0 amide bonds. The van der Waals surface area contributed by atoms with Crippen LogP contribution in [0.25, 0.3) is 0 Å². The SMILES string of the molecule is CC(=O)OC[C@@]12C(=O)[C@@H](OC(C)=O)[C@@H](C)[C@]3(C[C@@H](c4ccoc4)O[C@H]3OC(C)=O)[C@H]1CCC[C@]21CO1. The molecule has 2 saturated carbocycles. The molecule has 2 spiro atoms. The third-order valence-corrected chi connectivity index (χ3v) is 8.87. The zero-order chi connectivity index (χ0) is 25.9. The van der Waals surface area contributed by atoms with E-state index in [9.17, 15) is 19.2 Å². The first-order valence-corrected chi connectivity index (χ1v) is 12.4. The highest BCUT2D eigenvalue weighted by molar-refractivity contribution is 5.94. The van der Waals surface area contributed by atoms with E-state index in [2.05, 4.69) is 0 Å². The van der Waals surface area contributed by atoms with Gasteiger partial charge in [0.1, 0.15) is 17.6 Å². The summed E-state index contributed by atoms with van der Waals surface area (Å²) in [6, 6.07) is 1.79. The third-order valence-electron chi connectivity index (χ3n) is 8.87. The highest BCUT2D eigenvalue weighted by atomic mass is 16.7. The summed E-state index contributed by atoms with van der Waals surface area (Å²) in [6.07, 6.45) is 2.84. The maximum atomic E-state index is 14.4. The number of ketones is 1. The molecule has 2 aliphatic carbocycles. The molecule has 10 heteroatoms. The molecule has 0 radical (unpaired) electrons. The van der Waals surface area contributed by atoms with Gasteiger partial charge in [0.15, 0.2) is 11.9 Å². The van der Waals surface area contributed by atoms with Crippen LogP contribution in [0.2, 0.25) is 0 Å². The molecule has 0 N–H and O–H groups in total. The number of hydrogen-bond donors (Lipinski definition) is 0. The van der Waals surface area contributed by atoms with Crippen molar-refractivity contribution in [3.05, 3.63) is 24.2 Å². The van der Waals surface area contributed by atoms with Gasteiger partial charge in [0, 0.05) is 37.7 Å². The van der Waals surface area contributed by atoms with Gasteiger partial charge in [-0.05, 0) is 31.2 Å². The van der Waals surface area contributed by atoms with Crippen molar-refractivity contribution in [2.45, 2.75) is 77.5 Å². The van der Waals surface area contributed by atoms with Gasteiger partial charge in [-0.3, -0.25) is 19.2 Å². The van der Waals surface area contributed by atoms with Gasteiger partial charge in [-0.1, -0.05) is 13.3 Å². The Hall–Kier alpha value is -2.72. The highest BCUT2D eigenvalue weighted by Gasteiger charge is 2.80. The molecule has 1 aromatic rings. The van der Waals surface area contributed by atoms with Crippen molar-refractivity contribution in [3.8, 4) is 0 Å². The van der Waals surface area contributed by atoms with Gasteiger partial charge in [0.2, 0.25) is 6.29 Å². The minimum atomic E-state index is -1.28. The van der Waals surface area contributed by atoms with Crippen molar-refractivity contribution >= 4 is 23.7 Å². The number of Topliss-reactive ketones (excluding diaryl/α,β-unsaturated/α-hetero) is 1. The minimum Gasteiger partial charge on any atom is -0.472 e. The summed E-state index contributed by atoms with van der Waals surface area (Å²) < 4.78 is 34.7. The second kappa shape index (κ2) is 8.69. The summed E-state index contributed by atoms with van der Waals surface area (Å²) >= 11 is 0. The zero-order valence-electron chi connectivity index (χ0n) is 20.9. The maximum Gasteiger partial charge on any atom is 0.304 e. The van der Waals surface area contributed by atoms with E-state index in [1.54, 1.807) is 18.6 Å². The summed E-state index contributed by atoms with van der Waals surface area (Å²) in [5.41, 5.74) is -2.28. The Morgan fingerprint density at radius 2 is 1.83 bits per heavy atom. The van der Waals surface area contributed by atoms with Crippen LogP contribution >= 0.6 is 0 Å². The predicted octanol–water partition coefficient (Wildman–Crippen LogP) is 2.89. The molecular formula is C26H32O10. The van der Waals surface area contributed by atoms with Crippen molar-refractivity contribution in [1.82, 2.24) is 0 Å². The molecule has 3 heterocycles. The summed E-state index contributed by atoms with van der Waals surface area (Å²) in [5, 5.41) is 0. The Morgan fingerprint density at radius 1 is 1.11 bits per heavy atom. The molecule has 10 nitrogen and oxygen atoms in total. The van der Waals surface area contributed by atoms with Crippen LogP contribution in [-0.2, 0) is 42.9 Å². The van der Waals surface area contributed by atoms with Crippen LogP contribution in [0.5, 0.6) is 0 Å². The molecule has 0 bridgehead atoms. The quantitative estimate of drug-likeness (QED) is 0.335. The molecule has 4 fully saturated rings. The van der Waals surface area contributed by atoms with Crippen LogP contribution in [0, 0.1) is 22.7 Å². The fraction of sp³-hybridized carbons (Fsp3) is 0.692. The second-order valence-corrected chi connectivity index (χ2v) is 10.6. The van der Waals surface area contributed by atoms with Crippen LogP contribution < -0.4 is 0 Å². The van der Waals surface area contributed by atoms with Gasteiger partial charge in [0.05, 0.1) is 25.2 Å². The Labute approximate surface area is 208 Å². The lowest BCUT2D eigenvalue weighted by Crippen LogP contribution is -2.71. The molecule has 0 aromatic carbocycles. The first kappa shape index (κ1) is 25.0. The fourth-order valence-electron chi connectivity index (χ4n) is 7.32. The molecule has 36 heavy (non-hydrogen) atoms. The van der Waals surface area contributed by atoms with Crippen molar-refractivity contribution in [3.63, 3.8) is 0 Å². The van der Waals surface area contributed by atoms with E-state index >= 15 is 0 Å². The van der Waals surface area contributed by atoms with Gasteiger partial charge in [-0.15, -0.1) is 0 Å². The number of ether oxygens (including phenoxy) is 5. The predicted molar refractivity (Wildman–Crippen MR) is 120 cm³/mol. The average molecular weight is 505 g/mol. The molecule has 2 aliphatic heterocycles. The molecule has 5 rings (SSSR count). The Morgan fingerprint density at radius 3 is 2.42 bits per heavy atom. The van der Waals surface area contributed by atoms with Crippen LogP contribution in [-0.4, -0.2) is 54.9 Å². The van der Waals surface area contributed by atoms with E-state index in [1.165, 1.54) is 20.8 Å². The first-order valence-electron chi connectivity index (χ1n) is 12.4. The van der Waals surface area contributed by atoms with Crippen LogP contribution in [0.3, 0.4) is 0 Å². The van der Waals surface area contributed by atoms with Crippen molar-refractivity contribution in [1.29, 1.82) is 0 Å². The monoisotopic (exact) mass is 504 g/mol. The number of hydrogen-bond acceptors (Lipinski definition) is 10. The maximum absolute atomic E-state index is 14.4. The molecule has 1 aromatic heterocycles. The van der Waals surface area contributed by atoms with Crippen molar-refractivity contribution in [2.24, 2.45) is 22.7 Å². The van der Waals surface area contributed by atoms with Crippen LogP contribution in [0.1, 0.15) is 65.0 Å². The van der Waals surface area contributed by atoms with E-state index in [0.29, 0.717) is 25.9 Å². The van der Waals surface area contributed by atoms with Gasteiger partial charge in [0.25, 0.3) is 0 Å². The fourth-order valence-corrected chi connectivity index (χ4v) is 7.32. The summed E-state index contributed by atoms with van der Waals surface area (Å²) in [5.74, 6) is -2.95. The van der Waals surface area contributed by atoms with Crippen LogP contribution in [0.15, 0.2) is 23.0 Å². The van der Waals surface area contributed by atoms with E-state index in [1.807, 2.05) is 6.92 Å². The van der Waals surface area contributed by atoms with Crippen molar-refractivity contribution in [2.75, 3.05) is 13.2 Å². The molecule has 0 unspecified atom stereocenters. The Balaban J connectivity index is 1.70. The number of rotatable bonds is 5. The normalized spacial score (nSPS) is 41.1. The molecule has 8 atom stereocenters. The van der Waals surface area contributed by atoms with Crippen LogP contribution in [0.4, 0.5) is 0 Å². The third kappa shape index (κ3) is 3.52. The lowest BCUT2D eigenvalue weighted by Gasteiger charge is -2.61. The smallest absolute Gasteiger partial charge is 0.304 e. The van der Waals surface area contributed by atoms with Gasteiger partial charge in [-0.25, -0.2) is 0 Å².